The molecular formula is C27H28FN3O3. The molecule has 3 aromatic rings. The maximum Gasteiger partial charge on any atom is 0.277 e. The molecule has 0 N–H and O–H groups in total. The molecule has 1 aromatic heterocycles. The first-order valence-corrected chi connectivity index (χ1v) is 11.7. The number of pyridine rings is 1. The fraction of sp³-hybridized carbons (Fsp3) is 0.333. The number of hydrogen-bond acceptors (Lipinski definition) is 5. The Morgan fingerprint density at radius 3 is 2.56 bits per heavy atom. The van der Waals surface area contributed by atoms with Crippen LogP contribution in [-0.2, 0) is 13.0 Å². The second-order valence-corrected chi connectivity index (χ2v) is 8.74. The SMILES string of the molecule is COc1cc(N2Cc3ccc(Cc4ccc(F)cc4)nc3C2=O)ccc1OCCN1CCCC1. The molecule has 2 aliphatic rings. The molecule has 2 aromatic carbocycles. The van der Waals surface area contributed by atoms with Gasteiger partial charge < -0.3 is 14.4 Å². The number of amides is 1. The van der Waals surface area contributed by atoms with Gasteiger partial charge in [0.05, 0.1) is 13.7 Å². The van der Waals surface area contributed by atoms with Crippen molar-refractivity contribution in [2.24, 2.45) is 0 Å². The number of nitrogens with zero attached hydrogens (tertiary/aromatic N) is 3. The average molecular weight is 462 g/mol. The smallest absolute Gasteiger partial charge is 0.277 e. The first-order chi connectivity index (χ1) is 16.6. The Morgan fingerprint density at radius 2 is 1.79 bits per heavy atom. The molecule has 1 fully saturated rings. The Kier molecular flexibility index (Phi) is 6.45. The van der Waals surface area contributed by atoms with Gasteiger partial charge in [-0.1, -0.05) is 18.2 Å². The van der Waals surface area contributed by atoms with Gasteiger partial charge in [-0.25, -0.2) is 9.37 Å². The van der Waals surface area contributed by atoms with Gasteiger partial charge in [0.15, 0.2) is 11.5 Å². The minimum Gasteiger partial charge on any atom is -0.493 e. The van der Waals surface area contributed by atoms with Crippen LogP contribution < -0.4 is 14.4 Å². The predicted molar refractivity (Wildman–Crippen MR) is 128 cm³/mol. The van der Waals surface area contributed by atoms with Crippen molar-refractivity contribution in [3.8, 4) is 11.5 Å². The van der Waals surface area contributed by atoms with Crippen LogP contribution in [0.1, 0.15) is 40.2 Å². The molecule has 176 valence electrons. The molecule has 0 saturated carbocycles. The molecule has 2 aliphatic heterocycles. The van der Waals surface area contributed by atoms with Crippen molar-refractivity contribution in [2.45, 2.75) is 25.8 Å². The van der Waals surface area contributed by atoms with Gasteiger partial charge in [-0.15, -0.1) is 0 Å². The van der Waals surface area contributed by atoms with Gasteiger partial charge in [-0.2, -0.15) is 0 Å². The molecule has 0 unspecified atom stereocenters. The predicted octanol–water partition coefficient (Wildman–Crippen LogP) is 4.46. The first-order valence-electron chi connectivity index (χ1n) is 11.7. The molecule has 6 nitrogen and oxygen atoms in total. The van der Waals surface area contributed by atoms with Gasteiger partial charge in [0.25, 0.3) is 5.91 Å². The van der Waals surface area contributed by atoms with E-state index in [2.05, 4.69) is 9.88 Å². The summed E-state index contributed by atoms with van der Waals surface area (Å²) in [7, 11) is 1.61. The third-order valence-corrected chi connectivity index (χ3v) is 6.43. The molecule has 0 aliphatic carbocycles. The summed E-state index contributed by atoms with van der Waals surface area (Å²) in [4.78, 5) is 21.9. The third kappa shape index (κ3) is 4.75. The van der Waals surface area contributed by atoms with E-state index < -0.39 is 0 Å². The number of methoxy groups -OCH3 is 1. The number of aromatic nitrogens is 1. The quantitative estimate of drug-likeness (QED) is 0.496. The van der Waals surface area contributed by atoms with Crippen LogP contribution >= 0.6 is 0 Å². The van der Waals surface area contributed by atoms with E-state index in [1.54, 1.807) is 24.1 Å². The number of fused-ring (bicyclic) bond motifs is 1. The zero-order valence-corrected chi connectivity index (χ0v) is 19.3. The molecule has 3 heterocycles. The highest BCUT2D eigenvalue weighted by Gasteiger charge is 2.31. The molecule has 34 heavy (non-hydrogen) atoms. The minimum atomic E-state index is -0.269. The number of halogens is 1. The summed E-state index contributed by atoms with van der Waals surface area (Å²) >= 11 is 0. The molecular weight excluding hydrogens is 433 g/mol. The number of rotatable bonds is 8. The van der Waals surface area contributed by atoms with E-state index in [0.29, 0.717) is 36.8 Å². The van der Waals surface area contributed by atoms with Gasteiger partial charge >= 0.3 is 0 Å². The summed E-state index contributed by atoms with van der Waals surface area (Å²) in [6.07, 6.45) is 3.05. The van der Waals surface area contributed by atoms with Crippen LogP contribution in [0.2, 0.25) is 0 Å². The Balaban J connectivity index is 1.28. The van der Waals surface area contributed by atoms with Crippen molar-refractivity contribution in [3.63, 3.8) is 0 Å². The van der Waals surface area contributed by atoms with Gasteiger partial charge in [-0.05, 0) is 61.8 Å². The Hall–Kier alpha value is -3.45. The largest absolute Gasteiger partial charge is 0.493 e. The standard InChI is InChI=1S/C27H28FN3O3/c1-33-25-17-23(10-11-24(25)34-15-14-30-12-2-3-13-30)31-18-20-6-9-22(29-26(20)27(31)32)16-19-4-7-21(28)8-5-19/h4-11,17H,2-3,12-16,18H2,1H3. The highest BCUT2D eigenvalue weighted by Crippen LogP contribution is 2.35. The molecule has 0 radical (unpaired) electrons. The lowest BCUT2D eigenvalue weighted by molar-refractivity contribution is 0.0992. The van der Waals surface area contributed by atoms with Crippen LogP contribution in [0.4, 0.5) is 10.1 Å². The number of benzene rings is 2. The fourth-order valence-electron chi connectivity index (χ4n) is 4.56. The maximum absolute atomic E-state index is 13.2. The molecule has 7 heteroatoms. The normalized spacial score (nSPS) is 15.6. The number of ether oxygens (including phenoxy) is 2. The van der Waals surface area contributed by atoms with Crippen molar-refractivity contribution in [3.05, 3.63) is 82.9 Å². The second-order valence-electron chi connectivity index (χ2n) is 8.74. The molecule has 0 bridgehead atoms. The van der Waals surface area contributed by atoms with Crippen LogP contribution in [0.25, 0.3) is 0 Å². The monoisotopic (exact) mass is 461 g/mol. The zero-order valence-electron chi connectivity index (χ0n) is 19.3. The molecule has 1 amide bonds. The van der Waals surface area contributed by atoms with Gasteiger partial charge in [-0.3, -0.25) is 9.69 Å². The maximum atomic E-state index is 13.2. The summed E-state index contributed by atoms with van der Waals surface area (Å²) in [5.74, 6) is 0.873. The highest BCUT2D eigenvalue weighted by molar-refractivity contribution is 6.08. The van der Waals surface area contributed by atoms with Crippen LogP contribution in [0.15, 0.2) is 54.6 Å². The third-order valence-electron chi connectivity index (χ3n) is 6.43. The molecule has 0 atom stereocenters. The number of hydrogen-bond donors (Lipinski definition) is 0. The van der Waals surface area contributed by atoms with E-state index in [1.807, 2.05) is 30.3 Å². The van der Waals surface area contributed by atoms with Crippen molar-refractivity contribution in [1.82, 2.24) is 9.88 Å². The lowest BCUT2D eigenvalue weighted by atomic mass is 10.1. The Bertz CT molecular complexity index is 1180. The van der Waals surface area contributed by atoms with Crippen molar-refractivity contribution < 1.29 is 18.7 Å². The van der Waals surface area contributed by atoms with E-state index in [9.17, 15) is 9.18 Å². The summed E-state index contributed by atoms with van der Waals surface area (Å²) in [6.45, 7) is 4.23. The number of anilines is 1. The van der Waals surface area contributed by atoms with E-state index >= 15 is 0 Å². The zero-order chi connectivity index (χ0) is 23.5. The minimum absolute atomic E-state index is 0.138. The van der Waals surface area contributed by atoms with E-state index in [4.69, 9.17) is 9.47 Å². The van der Waals surface area contributed by atoms with Crippen molar-refractivity contribution in [2.75, 3.05) is 38.3 Å². The molecule has 1 saturated heterocycles. The van der Waals surface area contributed by atoms with E-state index in [1.165, 1.54) is 25.0 Å². The lowest BCUT2D eigenvalue weighted by Gasteiger charge is -2.19. The Morgan fingerprint density at radius 1 is 1.00 bits per heavy atom. The highest BCUT2D eigenvalue weighted by atomic mass is 19.1. The van der Waals surface area contributed by atoms with Crippen molar-refractivity contribution >= 4 is 11.6 Å². The lowest BCUT2D eigenvalue weighted by Crippen LogP contribution is -2.25. The summed E-state index contributed by atoms with van der Waals surface area (Å²) in [5, 5.41) is 0. The van der Waals surface area contributed by atoms with Gasteiger partial charge in [0.2, 0.25) is 0 Å². The fourth-order valence-corrected chi connectivity index (χ4v) is 4.56. The topological polar surface area (TPSA) is 54.9 Å². The summed E-state index contributed by atoms with van der Waals surface area (Å²) < 4.78 is 24.7. The van der Waals surface area contributed by atoms with Crippen LogP contribution in [0.5, 0.6) is 11.5 Å². The second kappa shape index (κ2) is 9.81. The van der Waals surface area contributed by atoms with Gasteiger partial charge in [0, 0.05) is 36.0 Å². The van der Waals surface area contributed by atoms with Crippen molar-refractivity contribution in [1.29, 1.82) is 0 Å². The Labute approximate surface area is 198 Å². The van der Waals surface area contributed by atoms with Crippen LogP contribution in [0, 0.1) is 5.82 Å². The summed E-state index contributed by atoms with van der Waals surface area (Å²) in [6, 6.07) is 15.8. The first kappa shape index (κ1) is 22.3. The number of carbonyl (C=O) groups excluding carboxylic acids is 1. The molecule has 5 rings (SSSR count). The van der Waals surface area contributed by atoms with E-state index in [-0.39, 0.29) is 11.7 Å². The molecule has 0 spiro atoms. The van der Waals surface area contributed by atoms with Gasteiger partial charge in [0.1, 0.15) is 18.1 Å². The van der Waals surface area contributed by atoms with Crippen LogP contribution in [-0.4, -0.2) is 49.1 Å². The number of likely N-dealkylation sites (tertiary alicyclic amines) is 1. The summed E-state index contributed by atoms with van der Waals surface area (Å²) in [5.41, 5.74) is 3.82. The average Bonchev–Trinajstić information content (AvgIpc) is 3.49. The number of carbonyl (C=O) groups is 1. The van der Waals surface area contributed by atoms with Crippen LogP contribution in [0.3, 0.4) is 0 Å². The van der Waals surface area contributed by atoms with E-state index in [0.717, 1.165) is 42.1 Å².